The van der Waals surface area contributed by atoms with Gasteiger partial charge in [0.05, 0.1) is 30.6 Å². The minimum Gasteiger partial charge on any atom is -0.462 e. The third-order valence-corrected chi connectivity index (χ3v) is 2.26. The number of hydrogen-bond donors (Lipinski definition) is 2. The number of anilines is 2. The number of nitrogens with zero attached hydrogens (tertiary/aromatic N) is 3. The van der Waals surface area contributed by atoms with Gasteiger partial charge < -0.3 is 20.3 Å². The number of nitrogens with two attached hydrogens (primary N) is 1. The Hall–Kier alpha value is -2.64. The Kier molecular flexibility index (Phi) is 3.91. The van der Waals surface area contributed by atoms with Crippen molar-refractivity contribution in [2.45, 2.75) is 13.5 Å². The smallest absolute Gasteiger partial charge is 0.340 e. The number of nitrogens with one attached hydrogen (secondary N) is 1. The van der Waals surface area contributed by atoms with Crippen molar-refractivity contribution in [1.82, 2.24) is 15.1 Å². The minimum absolute atomic E-state index is 0.244. The topological polar surface area (TPSA) is 116 Å². The highest BCUT2D eigenvalue weighted by atomic mass is 16.5. The number of rotatable bonds is 5. The maximum Gasteiger partial charge on any atom is 0.340 e. The molecule has 0 radical (unpaired) electrons. The molecule has 0 bridgehead atoms. The first kappa shape index (κ1) is 12.8. The lowest BCUT2D eigenvalue weighted by atomic mass is 10.2. The highest BCUT2D eigenvalue weighted by Crippen LogP contribution is 2.18. The summed E-state index contributed by atoms with van der Waals surface area (Å²) < 4.78 is 9.56. The van der Waals surface area contributed by atoms with Gasteiger partial charge >= 0.3 is 5.97 Å². The lowest BCUT2D eigenvalue weighted by Crippen LogP contribution is -2.11. The zero-order valence-corrected chi connectivity index (χ0v) is 10.3. The standard InChI is InChI=1S/C11H13N5O3/c1-2-18-11(17)7-3-9(12)14-4-8(7)13-5-10-15-6-19-16-10/h3-4,6,13H,2,5H2,1H3,(H2,12,14). The first-order valence-corrected chi connectivity index (χ1v) is 5.62. The normalized spacial score (nSPS) is 10.2. The van der Waals surface area contributed by atoms with Crippen LogP contribution in [0.1, 0.15) is 23.1 Å². The van der Waals surface area contributed by atoms with Crippen molar-refractivity contribution in [2.75, 3.05) is 17.7 Å². The molecule has 2 aromatic rings. The molecule has 0 saturated heterocycles. The van der Waals surface area contributed by atoms with Gasteiger partial charge in [-0.1, -0.05) is 5.16 Å². The molecule has 2 rings (SSSR count). The van der Waals surface area contributed by atoms with Crippen LogP contribution in [-0.2, 0) is 11.3 Å². The van der Waals surface area contributed by atoms with Crippen molar-refractivity contribution in [3.05, 3.63) is 30.0 Å². The summed E-state index contributed by atoms with van der Waals surface area (Å²) in [6.07, 6.45) is 2.69. The molecule has 0 atom stereocenters. The second-order valence-corrected chi connectivity index (χ2v) is 3.58. The molecule has 0 amide bonds. The number of hydrogen-bond acceptors (Lipinski definition) is 8. The lowest BCUT2D eigenvalue weighted by Gasteiger charge is -2.10. The summed E-state index contributed by atoms with van der Waals surface area (Å²) >= 11 is 0. The summed E-state index contributed by atoms with van der Waals surface area (Å²) in [4.78, 5) is 19.6. The minimum atomic E-state index is -0.466. The summed E-state index contributed by atoms with van der Waals surface area (Å²) in [5.41, 5.74) is 6.38. The SMILES string of the molecule is CCOC(=O)c1cc(N)ncc1NCc1ncon1. The van der Waals surface area contributed by atoms with Crippen LogP contribution < -0.4 is 11.1 Å². The number of nitrogen functional groups attached to an aromatic ring is 1. The third kappa shape index (κ3) is 3.18. The molecule has 19 heavy (non-hydrogen) atoms. The Morgan fingerprint density at radius 2 is 2.37 bits per heavy atom. The van der Waals surface area contributed by atoms with Gasteiger partial charge in [-0.15, -0.1) is 0 Å². The molecule has 0 aliphatic carbocycles. The van der Waals surface area contributed by atoms with Crippen LogP contribution in [0, 0.1) is 0 Å². The Morgan fingerprint density at radius 3 is 3.05 bits per heavy atom. The number of ether oxygens (including phenoxy) is 1. The molecule has 0 aliphatic heterocycles. The molecule has 2 heterocycles. The molecule has 8 heteroatoms. The van der Waals surface area contributed by atoms with Gasteiger partial charge in [0, 0.05) is 0 Å². The number of carbonyl (C=O) groups is 1. The molecule has 0 spiro atoms. The molecule has 2 aromatic heterocycles. The predicted molar refractivity (Wildman–Crippen MR) is 66.2 cm³/mol. The van der Waals surface area contributed by atoms with Crippen LogP contribution in [0.2, 0.25) is 0 Å². The van der Waals surface area contributed by atoms with E-state index in [0.29, 0.717) is 23.6 Å². The van der Waals surface area contributed by atoms with Crippen molar-refractivity contribution in [3.8, 4) is 0 Å². The average molecular weight is 263 g/mol. The average Bonchev–Trinajstić information content (AvgIpc) is 2.90. The van der Waals surface area contributed by atoms with Gasteiger partial charge in [-0.3, -0.25) is 0 Å². The van der Waals surface area contributed by atoms with E-state index in [1.165, 1.54) is 18.7 Å². The van der Waals surface area contributed by atoms with Gasteiger partial charge in [-0.05, 0) is 13.0 Å². The zero-order chi connectivity index (χ0) is 13.7. The van der Waals surface area contributed by atoms with Gasteiger partial charge in [-0.25, -0.2) is 9.78 Å². The molecule has 0 saturated carbocycles. The van der Waals surface area contributed by atoms with E-state index in [1.54, 1.807) is 6.92 Å². The molecule has 0 aromatic carbocycles. The molecule has 3 N–H and O–H groups in total. The summed E-state index contributed by atoms with van der Waals surface area (Å²) in [6, 6.07) is 1.45. The van der Waals surface area contributed by atoms with E-state index < -0.39 is 5.97 Å². The predicted octanol–water partition coefficient (Wildman–Crippen LogP) is 0.836. The Bertz CT molecular complexity index is 555. The number of carbonyl (C=O) groups excluding carboxylic acids is 1. The highest BCUT2D eigenvalue weighted by Gasteiger charge is 2.14. The maximum atomic E-state index is 11.8. The summed E-state index contributed by atoms with van der Waals surface area (Å²) in [5, 5.41) is 6.63. The van der Waals surface area contributed by atoms with Crippen LogP contribution in [0.25, 0.3) is 0 Å². The van der Waals surface area contributed by atoms with Crippen LogP contribution in [0.4, 0.5) is 11.5 Å². The summed E-state index contributed by atoms with van der Waals surface area (Å²) in [6.45, 7) is 2.31. The second-order valence-electron chi connectivity index (χ2n) is 3.58. The number of esters is 1. The molecular formula is C11H13N5O3. The zero-order valence-electron chi connectivity index (χ0n) is 10.3. The van der Waals surface area contributed by atoms with Crippen LogP contribution in [0.15, 0.2) is 23.2 Å². The Morgan fingerprint density at radius 1 is 1.53 bits per heavy atom. The first-order valence-electron chi connectivity index (χ1n) is 5.62. The quantitative estimate of drug-likeness (QED) is 0.762. The lowest BCUT2D eigenvalue weighted by molar-refractivity contribution is 0.0527. The molecule has 8 nitrogen and oxygen atoms in total. The molecule has 0 aliphatic rings. The molecule has 0 fully saturated rings. The summed E-state index contributed by atoms with van der Waals surface area (Å²) in [5.74, 6) is 0.243. The fourth-order valence-electron chi connectivity index (χ4n) is 1.43. The van der Waals surface area contributed by atoms with Crippen molar-refractivity contribution < 1.29 is 14.1 Å². The van der Waals surface area contributed by atoms with Gasteiger partial charge in [0.2, 0.25) is 6.39 Å². The first-order chi connectivity index (χ1) is 9.20. The maximum absolute atomic E-state index is 11.8. The third-order valence-electron chi connectivity index (χ3n) is 2.26. The van der Waals surface area contributed by atoms with Gasteiger partial charge in [-0.2, -0.15) is 4.98 Å². The van der Waals surface area contributed by atoms with E-state index in [1.807, 2.05) is 0 Å². The van der Waals surface area contributed by atoms with E-state index >= 15 is 0 Å². The van der Waals surface area contributed by atoms with Gasteiger partial charge in [0.25, 0.3) is 0 Å². The van der Waals surface area contributed by atoms with E-state index in [9.17, 15) is 4.79 Å². The van der Waals surface area contributed by atoms with Crippen molar-refractivity contribution in [2.24, 2.45) is 0 Å². The molecule has 0 unspecified atom stereocenters. The Labute approximate surface area is 109 Å². The number of pyridine rings is 1. The van der Waals surface area contributed by atoms with E-state index in [2.05, 4.69) is 25.0 Å². The fourth-order valence-corrected chi connectivity index (χ4v) is 1.43. The van der Waals surface area contributed by atoms with Crippen LogP contribution in [0.5, 0.6) is 0 Å². The molecule has 100 valence electrons. The van der Waals surface area contributed by atoms with E-state index in [0.717, 1.165) is 0 Å². The van der Waals surface area contributed by atoms with Crippen LogP contribution >= 0.6 is 0 Å². The Balaban J connectivity index is 2.16. The van der Waals surface area contributed by atoms with Crippen molar-refractivity contribution >= 4 is 17.5 Å². The van der Waals surface area contributed by atoms with Crippen molar-refractivity contribution in [3.63, 3.8) is 0 Å². The van der Waals surface area contributed by atoms with Gasteiger partial charge in [0.1, 0.15) is 5.82 Å². The second kappa shape index (κ2) is 5.80. The van der Waals surface area contributed by atoms with Crippen molar-refractivity contribution in [1.29, 1.82) is 0 Å². The fraction of sp³-hybridized carbons (Fsp3) is 0.273. The molecular weight excluding hydrogens is 250 g/mol. The van der Waals surface area contributed by atoms with Gasteiger partial charge in [0.15, 0.2) is 5.82 Å². The van der Waals surface area contributed by atoms with Crippen LogP contribution in [0.3, 0.4) is 0 Å². The largest absolute Gasteiger partial charge is 0.462 e. The number of aromatic nitrogens is 3. The van der Waals surface area contributed by atoms with E-state index in [-0.39, 0.29) is 12.4 Å². The highest BCUT2D eigenvalue weighted by molar-refractivity contribution is 5.96. The summed E-state index contributed by atoms with van der Waals surface area (Å²) in [7, 11) is 0. The van der Waals surface area contributed by atoms with E-state index in [4.69, 9.17) is 10.5 Å². The van der Waals surface area contributed by atoms with Crippen LogP contribution in [-0.4, -0.2) is 27.7 Å². The monoisotopic (exact) mass is 263 g/mol.